The van der Waals surface area contributed by atoms with Crippen LogP contribution in [0.1, 0.15) is 21.5 Å². The van der Waals surface area contributed by atoms with Crippen LogP contribution in [0.4, 0.5) is 0 Å². The topological polar surface area (TPSA) is 17.1 Å². The van der Waals surface area contributed by atoms with Gasteiger partial charge in [-0.2, -0.15) is 0 Å². The molecule has 0 heterocycles. The molecular formula is C9H8Cl2O. The van der Waals surface area contributed by atoms with Gasteiger partial charge in [0.15, 0.2) is 0 Å². The first-order valence-corrected chi connectivity index (χ1v) is 4.41. The quantitative estimate of drug-likeness (QED) is 0.533. The number of benzene rings is 1. The van der Waals surface area contributed by atoms with Gasteiger partial charge in [-0.15, -0.1) is 11.6 Å². The fourth-order valence-electron chi connectivity index (χ4n) is 1.03. The zero-order valence-corrected chi connectivity index (χ0v) is 8.12. The summed E-state index contributed by atoms with van der Waals surface area (Å²) in [6, 6.07) is 5.36. The highest BCUT2D eigenvalue weighted by Gasteiger charge is 2.05. The maximum absolute atomic E-state index is 10.8. The molecule has 0 unspecified atom stereocenters. The second-order valence-electron chi connectivity index (χ2n) is 2.56. The van der Waals surface area contributed by atoms with E-state index in [1.165, 1.54) is 0 Å². The second-order valence-corrected chi connectivity index (χ2v) is 3.17. The largest absolute Gasteiger partial charge is 0.276 e. The van der Waals surface area contributed by atoms with E-state index in [0.29, 0.717) is 11.4 Å². The molecule has 0 radical (unpaired) electrons. The average molecular weight is 203 g/mol. The van der Waals surface area contributed by atoms with Gasteiger partial charge in [0.05, 0.1) is 0 Å². The molecule has 0 bridgehead atoms. The minimum atomic E-state index is -0.423. The molecule has 0 aliphatic rings. The van der Waals surface area contributed by atoms with E-state index in [9.17, 15) is 4.79 Å². The van der Waals surface area contributed by atoms with Gasteiger partial charge in [-0.05, 0) is 35.7 Å². The Morgan fingerprint density at radius 2 is 2.17 bits per heavy atom. The molecule has 0 fully saturated rings. The van der Waals surface area contributed by atoms with Crippen molar-refractivity contribution >= 4 is 28.4 Å². The third kappa shape index (κ3) is 1.99. The van der Waals surface area contributed by atoms with Crippen molar-refractivity contribution in [2.24, 2.45) is 0 Å². The zero-order valence-electron chi connectivity index (χ0n) is 6.60. The Hall–Kier alpha value is -0.530. The maximum atomic E-state index is 10.8. The van der Waals surface area contributed by atoms with Crippen molar-refractivity contribution in [3.8, 4) is 0 Å². The summed E-state index contributed by atoms with van der Waals surface area (Å²) in [6.45, 7) is 1.84. The molecule has 1 nitrogen and oxygen atoms in total. The third-order valence-electron chi connectivity index (χ3n) is 1.66. The van der Waals surface area contributed by atoms with Crippen LogP contribution in [0.3, 0.4) is 0 Å². The molecule has 0 amide bonds. The van der Waals surface area contributed by atoms with Crippen LogP contribution in [-0.2, 0) is 5.88 Å². The molecule has 0 spiro atoms. The van der Waals surface area contributed by atoms with Crippen molar-refractivity contribution in [3.05, 3.63) is 34.9 Å². The highest BCUT2D eigenvalue weighted by atomic mass is 35.5. The number of hydrogen-bond donors (Lipinski definition) is 0. The van der Waals surface area contributed by atoms with Crippen LogP contribution in [0, 0.1) is 6.92 Å². The Morgan fingerprint density at radius 3 is 2.58 bits per heavy atom. The fourth-order valence-corrected chi connectivity index (χ4v) is 1.41. The zero-order chi connectivity index (χ0) is 9.14. The highest BCUT2D eigenvalue weighted by Crippen LogP contribution is 2.14. The number of carbonyl (C=O) groups is 1. The van der Waals surface area contributed by atoms with Gasteiger partial charge in [0, 0.05) is 11.4 Å². The monoisotopic (exact) mass is 202 g/mol. The molecule has 64 valence electrons. The minimum absolute atomic E-state index is 0.423. The molecule has 1 aromatic carbocycles. The predicted molar refractivity (Wildman–Crippen MR) is 50.9 cm³/mol. The van der Waals surface area contributed by atoms with Gasteiger partial charge in [0.2, 0.25) is 0 Å². The molecular weight excluding hydrogens is 195 g/mol. The summed E-state index contributed by atoms with van der Waals surface area (Å²) in [5.74, 6) is 0.456. The van der Waals surface area contributed by atoms with E-state index in [4.69, 9.17) is 23.2 Å². The summed E-state index contributed by atoms with van der Waals surface area (Å²) < 4.78 is 0. The lowest BCUT2D eigenvalue weighted by atomic mass is 10.1. The molecule has 0 aliphatic heterocycles. The molecule has 12 heavy (non-hydrogen) atoms. The second kappa shape index (κ2) is 3.92. The standard InChI is InChI=1S/C9H8Cl2O/c1-6-4-7(5-10)2-3-8(6)9(11)12/h2-4H,5H2,1H3. The lowest BCUT2D eigenvalue weighted by Gasteiger charge is -2.01. The highest BCUT2D eigenvalue weighted by molar-refractivity contribution is 6.67. The summed E-state index contributed by atoms with van der Waals surface area (Å²) in [6.07, 6.45) is 0. The van der Waals surface area contributed by atoms with E-state index >= 15 is 0 Å². The third-order valence-corrected chi connectivity index (χ3v) is 2.17. The van der Waals surface area contributed by atoms with Crippen LogP contribution in [-0.4, -0.2) is 5.24 Å². The number of hydrogen-bond acceptors (Lipinski definition) is 1. The first-order chi connectivity index (χ1) is 5.65. The number of halogens is 2. The number of rotatable bonds is 2. The van der Waals surface area contributed by atoms with Gasteiger partial charge in [-0.1, -0.05) is 12.1 Å². The predicted octanol–water partition coefficient (Wildman–Crippen LogP) is 3.11. The molecule has 1 aromatic rings. The van der Waals surface area contributed by atoms with E-state index in [-0.39, 0.29) is 0 Å². The van der Waals surface area contributed by atoms with Gasteiger partial charge in [0.25, 0.3) is 5.24 Å². The Morgan fingerprint density at radius 1 is 1.50 bits per heavy atom. The molecule has 0 saturated heterocycles. The molecule has 0 aliphatic carbocycles. The fraction of sp³-hybridized carbons (Fsp3) is 0.222. The molecule has 0 aromatic heterocycles. The summed E-state index contributed by atoms with van der Waals surface area (Å²) in [5, 5.41) is -0.423. The smallest absolute Gasteiger partial charge is 0.252 e. The van der Waals surface area contributed by atoms with Crippen LogP contribution in [0.25, 0.3) is 0 Å². The van der Waals surface area contributed by atoms with Crippen LogP contribution in [0.2, 0.25) is 0 Å². The SMILES string of the molecule is Cc1cc(CCl)ccc1C(=O)Cl. The van der Waals surface area contributed by atoms with Gasteiger partial charge >= 0.3 is 0 Å². The maximum Gasteiger partial charge on any atom is 0.252 e. The number of aryl methyl sites for hydroxylation is 1. The van der Waals surface area contributed by atoms with Crippen molar-refractivity contribution in [3.63, 3.8) is 0 Å². The summed E-state index contributed by atoms with van der Waals surface area (Å²) in [4.78, 5) is 10.8. The van der Waals surface area contributed by atoms with Crippen molar-refractivity contribution < 1.29 is 4.79 Å². The van der Waals surface area contributed by atoms with Crippen molar-refractivity contribution in [1.29, 1.82) is 0 Å². The molecule has 0 saturated carbocycles. The van der Waals surface area contributed by atoms with Crippen molar-refractivity contribution in [1.82, 2.24) is 0 Å². The van der Waals surface area contributed by atoms with Gasteiger partial charge in [-0.25, -0.2) is 0 Å². The van der Waals surface area contributed by atoms with Gasteiger partial charge < -0.3 is 0 Å². The molecule has 1 rings (SSSR count). The van der Waals surface area contributed by atoms with Crippen molar-refractivity contribution in [2.45, 2.75) is 12.8 Å². The lowest BCUT2D eigenvalue weighted by Crippen LogP contribution is -1.93. The van der Waals surface area contributed by atoms with Crippen LogP contribution in [0.5, 0.6) is 0 Å². The van der Waals surface area contributed by atoms with E-state index in [0.717, 1.165) is 11.1 Å². The van der Waals surface area contributed by atoms with Crippen LogP contribution < -0.4 is 0 Å². The first kappa shape index (κ1) is 9.56. The lowest BCUT2D eigenvalue weighted by molar-refractivity contribution is 0.108. The van der Waals surface area contributed by atoms with Crippen LogP contribution in [0.15, 0.2) is 18.2 Å². The Kier molecular flexibility index (Phi) is 3.12. The molecule has 0 atom stereocenters. The van der Waals surface area contributed by atoms with E-state index in [1.807, 2.05) is 13.0 Å². The van der Waals surface area contributed by atoms with Gasteiger partial charge in [0.1, 0.15) is 0 Å². The van der Waals surface area contributed by atoms with E-state index < -0.39 is 5.24 Å². The summed E-state index contributed by atoms with van der Waals surface area (Å²) in [5.41, 5.74) is 2.41. The molecule has 3 heteroatoms. The van der Waals surface area contributed by atoms with E-state index in [1.54, 1.807) is 12.1 Å². The van der Waals surface area contributed by atoms with Crippen LogP contribution >= 0.6 is 23.2 Å². The molecule has 0 N–H and O–H groups in total. The Labute approximate surface area is 81.3 Å². The first-order valence-electron chi connectivity index (χ1n) is 3.50. The Bertz CT molecular complexity index is 307. The minimum Gasteiger partial charge on any atom is -0.276 e. The summed E-state index contributed by atoms with van der Waals surface area (Å²) in [7, 11) is 0. The normalized spacial score (nSPS) is 9.92. The summed E-state index contributed by atoms with van der Waals surface area (Å²) >= 11 is 10.9. The number of carbonyl (C=O) groups excluding carboxylic acids is 1. The van der Waals surface area contributed by atoms with Gasteiger partial charge in [-0.3, -0.25) is 4.79 Å². The Balaban J connectivity index is 3.12. The number of alkyl halides is 1. The van der Waals surface area contributed by atoms with E-state index in [2.05, 4.69) is 0 Å². The van der Waals surface area contributed by atoms with Crippen molar-refractivity contribution in [2.75, 3.05) is 0 Å². The average Bonchev–Trinajstić information content (AvgIpc) is 2.03.